The van der Waals surface area contributed by atoms with Gasteiger partial charge in [0.15, 0.2) is 5.69 Å². The van der Waals surface area contributed by atoms with Gasteiger partial charge in [-0.1, -0.05) is 28.9 Å². The van der Waals surface area contributed by atoms with E-state index < -0.39 is 6.04 Å². The summed E-state index contributed by atoms with van der Waals surface area (Å²) in [5, 5.41) is 14.7. The lowest BCUT2D eigenvalue weighted by Gasteiger charge is -2.22. The van der Waals surface area contributed by atoms with Gasteiger partial charge in [-0.25, -0.2) is 4.68 Å². The molecule has 1 aromatic carbocycles. The van der Waals surface area contributed by atoms with Crippen molar-refractivity contribution in [2.24, 2.45) is 0 Å². The minimum Gasteiger partial charge on any atom is -0.339 e. The van der Waals surface area contributed by atoms with Gasteiger partial charge in [-0.2, -0.15) is 0 Å². The molecule has 4 rings (SSSR count). The number of nitrogens with one attached hydrogen (secondary N) is 2. The van der Waals surface area contributed by atoms with Crippen LogP contribution >= 0.6 is 24.0 Å². The Morgan fingerprint density at radius 3 is 2.71 bits per heavy atom. The highest BCUT2D eigenvalue weighted by atomic mass is 35.5. The molecular weight excluding hydrogens is 403 g/mol. The van der Waals surface area contributed by atoms with Crippen LogP contribution in [0.1, 0.15) is 35.8 Å². The zero-order chi connectivity index (χ0) is 18.8. The van der Waals surface area contributed by atoms with Gasteiger partial charge in [0, 0.05) is 6.54 Å². The summed E-state index contributed by atoms with van der Waals surface area (Å²) < 4.78 is 1.75. The molecule has 10 heteroatoms. The van der Waals surface area contributed by atoms with Crippen LogP contribution in [0.25, 0.3) is 0 Å². The number of rotatable bonds is 4. The fourth-order valence-electron chi connectivity index (χ4n) is 3.59. The monoisotopic (exact) mass is 424 g/mol. The third-order valence-electron chi connectivity index (χ3n) is 5.08. The van der Waals surface area contributed by atoms with Gasteiger partial charge in [-0.15, -0.1) is 17.5 Å². The molecule has 150 valence electrons. The fourth-order valence-corrected chi connectivity index (χ4v) is 3.82. The SMILES string of the molecule is Cl.O=C(NC1CCN(c2ccccc2Cl)C1=O)c1cn(C2CCNCC2)nn1. The Balaban J connectivity index is 0.00000225. The number of halogens is 2. The first-order chi connectivity index (χ1) is 13.1. The number of nitrogens with zero attached hydrogens (tertiary/aromatic N) is 4. The van der Waals surface area contributed by atoms with Gasteiger partial charge in [0.2, 0.25) is 5.91 Å². The van der Waals surface area contributed by atoms with Gasteiger partial charge in [0.05, 0.1) is 22.9 Å². The lowest BCUT2D eigenvalue weighted by Crippen LogP contribution is -2.41. The van der Waals surface area contributed by atoms with Gasteiger partial charge in [-0.3, -0.25) is 9.59 Å². The van der Waals surface area contributed by atoms with E-state index in [1.165, 1.54) is 0 Å². The Labute approximate surface area is 174 Å². The molecule has 2 aliphatic rings. The minimum absolute atomic E-state index is 0. The molecule has 8 nitrogen and oxygen atoms in total. The lowest BCUT2D eigenvalue weighted by atomic mass is 10.1. The van der Waals surface area contributed by atoms with E-state index >= 15 is 0 Å². The number of carbonyl (C=O) groups is 2. The third-order valence-corrected chi connectivity index (χ3v) is 5.40. The zero-order valence-corrected chi connectivity index (χ0v) is 16.7. The van der Waals surface area contributed by atoms with E-state index in [0.717, 1.165) is 25.9 Å². The maximum atomic E-state index is 12.7. The molecule has 2 N–H and O–H groups in total. The van der Waals surface area contributed by atoms with Crippen molar-refractivity contribution in [3.63, 3.8) is 0 Å². The molecule has 2 aromatic rings. The summed E-state index contributed by atoms with van der Waals surface area (Å²) in [6.45, 7) is 2.37. The Hall–Kier alpha value is -2.16. The molecule has 0 radical (unpaired) electrons. The van der Waals surface area contributed by atoms with Gasteiger partial charge < -0.3 is 15.5 Å². The summed E-state index contributed by atoms with van der Waals surface area (Å²) in [4.78, 5) is 26.8. The van der Waals surface area contributed by atoms with Gasteiger partial charge >= 0.3 is 0 Å². The molecule has 2 saturated heterocycles. The third kappa shape index (κ3) is 4.14. The average molecular weight is 425 g/mol. The van der Waals surface area contributed by atoms with E-state index in [1.807, 2.05) is 12.1 Å². The summed E-state index contributed by atoms with van der Waals surface area (Å²) in [5.74, 6) is -0.545. The molecular formula is C18H22Cl2N6O2. The molecule has 0 aliphatic carbocycles. The zero-order valence-electron chi connectivity index (χ0n) is 15.2. The van der Waals surface area contributed by atoms with Crippen molar-refractivity contribution in [3.05, 3.63) is 41.2 Å². The van der Waals surface area contributed by atoms with Crippen LogP contribution < -0.4 is 15.5 Å². The number of hydrogen-bond donors (Lipinski definition) is 2. The highest BCUT2D eigenvalue weighted by Crippen LogP contribution is 2.29. The van der Waals surface area contributed by atoms with E-state index in [4.69, 9.17) is 11.6 Å². The number of amides is 2. The highest BCUT2D eigenvalue weighted by molar-refractivity contribution is 6.34. The highest BCUT2D eigenvalue weighted by Gasteiger charge is 2.35. The van der Waals surface area contributed by atoms with Crippen molar-refractivity contribution in [2.45, 2.75) is 31.3 Å². The van der Waals surface area contributed by atoms with Crippen LogP contribution in [0.3, 0.4) is 0 Å². The van der Waals surface area contributed by atoms with Crippen LogP contribution in [0, 0.1) is 0 Å². The van der Waals surface area contributed by atoms with E-state index in [-0.39, 0.29) is 36.0 Å². The number of piperidine rings is 1. The van der Waals surface area contributed by atoms with E-state index in [9.17, 15) is 9.59 Å². The second kappa shape index (κ2) is 8.89. The molecule has 2 aliphatic heterocycles. The van der Waals surface area contributed by atoms with Crippen LogP contribution in [0.15, 0.2) is 30.5 Å². The van der Waals surface area contributed by atoms with Crippen LogP contribution in [-0.2, 0) is 4.79 Å². The van der Waals surface area contributed by atoms with Gasteiger partial charge in [0.1, 0.15) is 6.04 Å². The topological polar surface area (TPSA) is 92.2 Å². The van der Waals surface area contributed by atoms with Crippen molar-refractivity contribution < 1.29 is 9.59 Å². The molecule has 28 heavy (non-hydrogen) atoms. The van der Waals surface area contributed by atoms with Crippen molar-refractivity contribution in [1.82, 2.24) is 25.6 Å². The maximum absolute atomic E-state index is 12.7. The number of benzene rings is 1. The molecule has 2 amide bonds. The van der Waals surface area contributed by atoms with Crippen LogP contribution in [-0.4, -0.2) is 52.5 Å². The Kier molecular flexibility index (Phi) is 6.53. The number of para-hydroxylation sites is 1. The standard InChI is InChI=1S/C18H21ClN6O2.ClH/c19-13-3-1-2-4-16(13)24-10-7-14(18(24)27)21-17(26)15-11-25(23-22-15)12-5-8-20-9-6-12;/h1-4,11-12,14,20H,5-10H2,(H,21,26);1H. The smallest absolute Gasteiger partial charge is 0.274 e. The molecule has 0 spiro atoms. The summed E-state index contributed by atoms with van der Waals surface area (Å²) in [6.07, 6.45) is 4.10. The van der Waals surface area contributed by atoms with Crippen molar-refractivity contribution in [2.75, 3.05) is 24.5 Å². The molecule has 1 aromatic heterocycles. The summed E-state index contributed by atoms with van der Waals surface area (Å²) in [5.41, 5.74) is 0.898. The first kappa shape index (κ1) is 20.6. The number of carbonyl (C=O) groups excluding carboxylic acids is 2. The molecule has 0 saturated carbocycles. The summed E-state index contributed by atoms with van der Waals surface area (Å²) >= 11 is 6.19. The quantitative estimate of drug-likeness (QED) is 0.780. The minimum atomic E-state index is -0.585. The predicted molar refractivity (Wildman–Crippen MR) is 108 cm³/mol. The van der Waals surface area contributed by atoms with Crippen LogP contribution in [0.5, 0.6) is 0 Å². The molecule has 3 heterocycles. The second-order valence-electron chi connectivity index (χ2n) is 6.82. The summed E-state index contributed by atoms with van der Waals surface area (Å²) in [7, 11) is 0. The molecule has 2 fully saturated rings. The number of aromatic nitrogens is 3. The largest absolute Gasteiger partial charge is 0.339 e. The molecule has 0 bridgehead atoms. The number of hydrogen-bond acceptors (Lipinski definition) is 5. The Bertz CT molecular complexity index is 852. The van der Waals surface area contributed by atoms with Gasteiger partial charge in [-0.05, 0) is 44.5 Å². The summed E-state index contributed by atoms with van der Waals surface area (Å²) in [6, 6.07) is 6.86. The van der Waals surface area contributed by atoms with E-state index in [1.54, 1.807) is 27.9 Å². The maximum Gasteiger partial charge on any atom is 0.274 e. The Morgan fingerprint density at radius 2 is 1.96 bits per heavy atom. The van der Waals surface area contributed by atoms with Gasteiger partial charge in [0.25, 0.3) is 5.91 Å². The van der Waals surface area contributed by atoms with Crippen molar-refractivity contribution in [1.29, 1.82) is 0 Å². The first-order valence-corrected chi connectivity index (χ1v) is 9.50. The molecule has 1 unspecified atom stereocenters. The fraction of sp³-hybridized carbons (Fsp3) is 0.444. The van der Waals surface area contributed by atoms with Crippen molar-refractivity contribution in [3.8, 4) is 0 Å². The van der Waals surface area contributed by atoms with Crippen molar-refractivity contribution >= 4 is 41.5 Å². The van der Waals surface area contributed by atoms with Crippen LogP contribution in [0.2, 0.25) is 5.02 Å². The molecule has 1 atom stereocenters. The lowest BCUT2D eigenvalue weighted by molar-refractivity contribution is -0.118. The van der Waals surface area contributed by atoms with E-state index in [0.29, 0.717) is 23.7 Å². The van der Waals surface area contributed by atoms with E-state index in [2.05, 4.69) is 20.9 Å². The average Bonchev–Trinajstić information content (AvgIpc) is 3.31. The Morgan fingerprint density at radius 1 is 1.21 bits per heavy atom. The number of anilines is 1. The normalized spacial score (nSPS) is 20.1. The predicted octanol–water partition coefficient (Wildman–Crippen LogP) is 1.81. The van der Waals surface area contributed by atoms with Crippen LogP contribution in [0.4, 0.5) is 5.69 Å². The first-order valence-electron chi connectivity index (χ1n) is 9.13. The second-order valence-corrected chi connectivity index (χ2v) is 7.23.